The van der Waals surface area contributed by atoms with Crippen LogP contribution < -0.4 is 5.73 Å². The van der Waals surface area contributed by atoms with Gasteiger partial charge in [0.1, 0.15) is 5.01 Å². The van der Waals surface area contributed by atoms with E-state index in [0.29, 0.717) is 5.13 Å². The third kappa shape index (κ3) is 8.98. The van der Waals surface area contributed by atoms with Crippen LogP contribution in [0, 0.1) is 0 Å². The molecule has 0 saturated carbocycles. The minimum atomic E-state index is 0.595. The largest absolute Gasteiger partial charge is 0.374 e. The first-order valence-electron chi connectivity index (χ1n) is 7.90. The molecule has 0 saturated heterocycles. The molecule has 2 N–H and O–H groups in total. The van der Waals surface area contributed by atoms with Gasteiger partial charge in [0.2, 0.25) is 5.13 Å². The molecule has 1 heterocycles. The molecular formula is C15H29N3S. The van der Waals surface area contributed by atoms with Gasteiger partial charge in [-0.1, -0.05) is 82.5 Å². The van der Waals surface area contributed by atoms with E-state index in [1.54, 1.807) is 0 Å². The molecule has 19 heavy (non-hydrogen) atoms. The van der Waals surface area contributed by atoms with Gasteiger partial charge in [0.25, 0.3) is 0 Å². The first-order valence-corrected chi connectivity index (χ1v) is 8.72. The lowest BCUT2D eigenvalue weighted by atomic mass is 10.1. The van der Waals surface area contributed by atoms with Crippen LogP contribution in [-0.2, 0) is 6.42 Å². The molecule has 0 aliphatic heterocycles. The van der Waals surface area contributed by atoms with Gasteiger partial charge in [0, 0.05) is 6.42 Å². The van der Waals surface area contributed by atoms with Crippen molar-refractivity contribution in [2.24, 2.45) is 0 Å². The van der Waals surface area contributed by atoms with E-state index in [-0.39, 0.29) is 0 Å². The summed E-state index contributed by atoms with van der Waals surface area (Å²) in [6.07, 6.45) is 16.3. The van der Waals surface area contributed by atoms with Crippen LogP contribution in [0.4, 0.5) is 5.13 Å². The van der Waals surface area contributed by atoms with Crippen LogP contribution in [0.5, 0.6) is 0 Å². The Morgan fingerprint density at radius 3 is 1.79 bits per heavy atom. The molecule has 1 rings (SSSR count). The Morgan fingerprint density at radius 1 is 0.789 bits per heavy atom. The fraction of sp³-hybridized carbons (Fsp3) is 0.867. The van der Waals surface area contributed by atoms with Gasteiger partial charge < -0.3 is 5.73 Å². The molecule has 1 aromatic rings. The summed E-state index contributed by atoms with van der Waals surface area (Å²) in [4.78, 5) is 0. The highest BCUT2D eigenvalue weighted by atomic mass is 32.1. The molecular weight excluding hydrogens is 254 g/mol. The van der Waals surface area contributed by atoms with E-state index in [0.717, 1.165) is 11.4 Å². The molecule has 0 fully saturated rings. The minimum absolute atomic E-state index is 0.595. The smallest absolute Gasteiger partial charge is 0.203 e. The van der Waals surface area contributed by atoms with E-state index in [1.807, 2.05) is 0 Å². The number of rotatable bonds is 12. The van der Waals surface area contributed by atoms with Gasteiger partial charge in [-0.15, -0.1) is 10.2 Å². The Labute approximate surface area is 122 Å². The number of aryl methyl sites for hydroxylation is 1. The Hall–Kier alpha value is -0.640. The molecule has 0 atom stereocenters. The van der Waals surface area contributed by atoms with Gasteiger partial charge in [-0.05, 0) is 6.42 Å². The van der Waals surface area contributed by atoms with Crippen LogP contribution in [0.1, 0.15) is 82.6 Å². The van der Waals surface area contributed by atoms with Crippen molar-refractivity contribution < 1.29 is 0 Å². The molecule has 0 aliphatic rings. The minimum Gasteiger partial charge on any atom is -0.374 e. The standard InChI is InChI=1S/C15H29N3S/c1-2-3-4-5-6-7-8-9-10-11-12-13-14-17-18-15(16)19-14/h2-13H2,1H3,(H2,16,18). The van der Waals surface area contributed by atoms with Gasteiger partial charge in [-0.2, -0.15) is 0 Å². The van der Waals surface area contributed by atoms with Crippen LogP contribution in [-0.4, -0.2) is 10.2 Å². The van der Waals surface area contributed by atoms with Gasteiger partial charge in [0.15, 0.2) is 0 Å². The van der Waals surface area contributed by atoms with E-state index >= 15 is 0 Å². The predicted octanol–water partition coefficient (Wildman–Crippen LogP) is 4.97. The first-order chi connectivity index (χ1) is 9.33. The Bertz CT molecular complexity index is 312. The number of hydrogen-bond donors (Lipinski definition) is 1. The van der Waals surface area contributed by atoms with Gasteiger partial charge >= 0.3 is 0 Å². The molecule has 0 unspecified atom stereocenters. The number of aromatic nitrogens is 2. The summed E-state index contributed by atoms with van der Waals surface area (Å²) < 4.78 is 0. The van der Waals surface area contributed by atoms with Crippen LogP contribution in [0.2, 0.25) is 0 Å². The van der Waals surface area contributed by atoms with E-state index in [9.17, 15) is 0 Å². The monoisotopic (exact) mass is 283 g/mol. The van der Waals surface area contributed by atoms with Crippen molar-refractivity contribution in [1.29, 1.82) is 0 Å². The molecule has 110 valence electrons. The average Bonchev–Trinajstić information content (AvgIpc) is 2.82. The Kier molecular flexibility index (Phi) is 9.68. The van der Waals surface area contributed by atoms with E-state index in [4.69, 9.17) is 5.73 Å². The van der Waals surface area contributed by atoms with Crippen LogP contribution >= 0.6 is 11.3 Å². The summed E-state index contributed by atoms with van der Waals surface area (Å²) in [6, 6.07) is 0. The molecule has 0 aromatic carbocycles. The second-order valence-corrected chi connectivity index (χ2v) is 6.41. The number of unbranched alkanes of at least 4 members (excludes halogenated alkanes) is 10. The van der Waals surface area contributed by atoms with Gasteiger partial charge in [-0.3, -0.25) is 0 Å². The number of hydrogen-bond acceptors (Lipinski definition) is 4. The van der Waals surface area contributed by atoms with E-state index in [1.165, 1.54) is 82.0 Å². The van der Waals surface area contributed by atoms with Crippen molar-refractivity contribution in [3.05, 3.63) is 5.01 Å². The summed E-state index contributed by atoms with van der Waals surface area (Å²) in [5, 5.41) is 9.56. The summed E-state index contributed by atoms with van der Waals surface area (Å²) in [6.45, 7) is 2.27. The highest BCUT2D eigenvalue weighted by Gasteiger charge is 2.00. The second kappa shape index (κ2) is 11.2. The quantitative estimate of drug-likeness (QED) is 0.551. The predicted molar refractivity (Wildman–Crippen MR) is 84.5 cm³/mol. The Balaban J connectivity index is 1.79. The van der Waals surface area contributed by atoms with E-state index in [2.05, 4.69) is 17.1 Å². The van der Waals surface area contributed by atoms with Crippen molar-refractivity contribution in [2.45, 2.75) is 84.0 Å². The maximum Gasteiger partial charge on any atom is 0.203 e. The second-order valence-electron chi connectivity index (χ2n) is 5.32. The summed E-state index contributed by atoms with van der Waals surface area (Å²) in [5.41, 5.74) is 5.55. The maximum absolute atomic E-state index is 5.55. The lowest BCUT2D eigenvalue weighted by Gasteiger charge is -2.01. The lowest BCUT2D eigenvalue weighted by molar-refractivity contribution is 0.549. The van der Waals surface area contributed by atoms with E-state index < -0.39 is 0 Å². The van der Waals surface area contributed by atoms with Crippen molar-refractivity contribution in [1.82, 2.24) is 10.2 Å². The van der Waals surface area contributed by atoms with Crippen molar-refractivity contribution in [2.75, 3.05) is 5.73 Å². The number of anilines is 1. The first kappa shape index (κ1) is 16.4. The fourth-order valence-electron chi connectivity index (χ4n) is 2.31. The zero-order chi connectivity index (χ0) is 13.8. The van der Waals surface area contributed by atoms with Crippen molar-refractivity contribution >= 4 is 16.5 Å². The topological polar surface area (TPSA) is 51.8 Å². The SMILES string of the molecule is CCCCCCCCCCCCCc1nnc(N)s1. The summed E-state index contributed by atoms with van der Waals surface area (Å²) in [7, 11) is 0. The van der Waals surface area contributed by atoms with Gasteiger partial charge in [-0.25, -0.2) is 0 Å². The normalized spacial score (nSPS) is 11.0. The zero-order valence-corrected chi connectivity index (χ0v) is 13.2. The van der Waals surface area contributed by atoms with Crippen LogP contribution in [0.15, 0.2) is 0 Å². The zero-order valence-electron chi connectivity index (χ0n) is 12.4. The Morgan fingerprint density at radius 2 is 1.32 bits per heavy atom. The molecule has 0 radical (unpaired) electrons. The lowest BCUT2D eigenvalue weighted by Crippen LogP contribution is -1.86. The average molecular weight is 283 g/mol. The number of nitrogens with two attached hydrogens (primary N) is 1. The molecule has 1 aromatic heterocycles. The molecule has 4 heteroatoms. The highest BCUT2D eigenvalue weighted by Crippen LogP contribution is 2.15. The number of nitrogens with zero attached hydrogens (tertiary/aromatic N) is 2. The highest BCUT2D eigenvalue weighted by molar-refractivity contribution is 7.15. The summed E-state index contributed by atoms with van der Waals surface area (Å²) >= 11 is 1.52. The third-order valence-corrected chi connectivity index (χ3v) is 4.29. The third-order valence-electron chi connectivity index (χ3n) is 3.48. The van der Waals surface area contributed by atoms with Gasteiger partial charge in [0.05, 0.1) is 0 Å². The molecule has 0 aliphatic carbocycles. The molecule has 0 spiro atoms. The van der Waals surface area contributed by atoms with Crippen molar-refractivity contribution in [3.63, 3.8) is 0 Å². The molecule has 0 bridgehead atoms. The number of nitrogen functional groups attached to an aromatic ring is 1. The summed E-state index contributed by atoms with van der Waals surface area (Å²) in [5.74, 6) is 0. The maximum atomic E-state index is 5.55. The van der Waals surface area contributed by atoms with Crippen LogP contribution in [0.3, 0.4) is 0 Å². The van der Waals surface area contributed by atoms with Crippen molar-refractivity contribution in [3.8, 4) is 0 Å². The molecule has 3 nitrogen and oxygen atoms in total. The fourth-order valence-corrected chi connectivity index (χ4v) is 2.96. The molecule has 0 amide bonds. The van der Waals surface area contributed by atoms with Crippen LogP contribution in [0.25, 0.3) is 0 Å².